The van der Waals surface area contributed by atoms with Gasteiger partial charge in [0.25, 0.3) is 5.56 Å². The van der Waals surface area contributed by atoms with Crippen molar-refractivity contribution in [3.63, 3.8) is 0 Å². The summed E-state index contributed by atoms with van der Waals surface area (Å²) in [7, 11) is 0. The highest BCUT2D eigenvalue weighted by atomic mass is 16.3. The molecule has 1 aliphatic rings. The molecule has 4 heteroatoms. The van der Waals surface area contributed by atoms with Crippen molar-refractivity contribution < 1.29 is 9.21 Å². The van der Waals surface area contributed by atoms with E-state index in [1.165, 1.54) is 0 Å². The van der Waals surface area contributed by atoms with Crippen LogP contribution in [0.1, 0.15) is 15.9 Å². The average molecular weight is 287 g/mol. The lowest BCUT2D eigenvalue weighted by Gasteiger charge is -2.03. The Labute approximate surface area is 124 Å². The largest absolute Gasteiger partial charge is 0.464 e. The van der Waals surface area contributed by atoms with Crippen molar-refractivity contribution in [1.29, 1.82) is 0 Å². The van der Waals surface area contributed by atoms with Crippen molar-refractivity contribution in [1.82, 2.24) is 4.98 Å². The van der Waals surface area contributed by atoms with E-state index in [4.69, 9.17) is 4.42 Å². The molecule has 1 aliphatic carbocycles. The van der Waals surface area contributed by atoms with Crippen LogP contribution in [0, 0.1) is 0 Å². The highest BCUT2D eigenvalue weighted by Crippen LogP contribution is 2.39. The van der Waals surface area contributed by atoms with E-state index in [0.717, 1.165) is 10.9 Å². The molecular formula is C18H9NO3. The number of benzene rings is 2. The van der Waals surface area contributed by atoms with Gasteiger partial charge in [-0.05, 0) is 24.3 Å². The molecule has 5 rings (SSSR count). The number of nitrogens with one attached hydrogen (secondary N) is 1. The quantitative estimate of drug-likeness (QED) is 0.474. The fraction of sp³-hybridized carbons (Fsp3) is 0. The van der Waals surface area contributed by atoms with Gasteiger partial charge in [-0.2, -0.15) is 0 Å². The van der Waals surface area contributed by atoms with Crippen molar-refractivity contribution >= 4 is 27.5 Å². The first kappa shape index (κ1) is 11.5. The molecule has 0 unspecified atom stereocenters. The summed E-state index contributed by atoms with van der Waals surface area (Å²) in [6.07, 6.45) is 1.59. The fourth-order valence-electron chi connectivity index (χ4n) is 3.25. The number of hydrogen-bond acceptors (Lipinski definition) is 3. The van der Waals surface area contributed by atoms with Gasteiger partial charge in [-0.25, -0.2) is 0 Å². The first-order chi connectivity index (χ1) is 10.7. The minimum Gasteiger partial charge on any atom is -0.464 e. The Bertz CT molecular complexity index is 1160. The summed E-state index contributed by atoms with van der Waals surface area (Å²) in [5.74, 6) is -0.0550. The van der Waals surface area contributed by atoms with Gasteiger partial charge in [0, 0.05) is 27.3 Å². The zero-order valence-electron chi connectivity index (χ0n) is 11.3. The molecule has 0 atom stereocenters. The Hall–Kier alpha value is -3.14. The topological polar surface area (TPSA) is 63.1 Å². The van der Waals surface area contributed by atoms with Gasteiger partial charge in [0.2, 0.25) is 0 Å². The summed E-state index contributed by atoms with van der Waals surface area (Å²) in [4.78, 5) is 28.0. The summed E-state index contributed by atoms with van der Waals surface area (Å²) in [6, 6.07) is 12.6. The van der Waals surface area contributed by atoms with Crippen molar-refractivity contribution in [3.8, 4) is 11.3 Å². The molecular weight excluding hydrogens is 278 g/mol. The van der Waals surface area contributed by atoms with Crippen LogP contribution in [-0.4, -0.2) is 10.8 Å². The third-order valence-corrected chi connectivity index (χ3v) is 4.26. The van der Waals surface area contributed by atoms with Crippen LogP contribution in [0.3, 0.4) is 0 Å². The average Bonchev–Trinajstić information content (AvgIpc) is 3.09. The van der Waals surface area contributed by atoms with Crippen LogP contribution in [0.2, 0.25) is 0 Å². The molecule has 4 nitrogen and oxygen atoms in total. The van der Waals surface area contributed by atoms with Gasteiger partial charge in [-0.3, -0.25) is 9.59 Å². The Kier molecular flexibility index (Phi) is 1.96. The van der Waals surface area contributed by atoms with Crippen LogP contribution in [-0.2, 0) is 0 Å². The molecule has 0 saturated heterocycles. The van der Waals surface area contributed by atoms with Crippen LogP contribution >= 0.6 is 0 Å². The third kappa shape index (κ3) is 1.27. The second kappa shape index (κ2) is 3.74. The Balaban J connectivity index is 1.99. The van der Waals surface area contributed by atoms with Gasteiger partial charge >= 0.3 is 0 Å². The summed E-state index contributed by atoms with van der Waals surface area (Å²) in [6.45, 7) is 0. The monoisotopic (exact) mass is 287 g/mol. The first-order valence-corrected chi connectivity index (χ1v) is 6.95. The normalized spacial score (nSPS) is 12.8. The molecule has 2 aromatic heterocycles. The maximum absolute atomic E-state index is 12.8. The maximum Gasteiger partial charge on any atom is 0.256 e. The van der Waals surface area contributed by atoms with E-state index in [9.17, 15) is 9.59 Å². The molecule has 0 spiro atoms. The summed E-state index contributed by atoms with van der Waals surface area (Å²) in [5.41, 5.74) is 3.00. The van der Waals surface area contributed by atoms with Crippen LogP contribution in [0.15, 0.2) is 57.9 Å². The maximum atomic E-state index is 12.8. The Morgan fingerprint density at radius 3 is 2.59 bits per heavy atom. The van der Waals surface area contributed by atoms with Crippen LogP contribution < -0.4 is 5.56 Å². The van der Waals surface area contributed by atoms with Gasteiger partial charge in [0.1, 0.15) is 5.58 Å². The number of pyridine rings is 1. The predicted octanol–water partition coefficient (Wildman–Crippen LogP) is 3.49. The van der Waals surface area contributed by atoms with Crippen LogP contribution in [0.5, 0.6) is 0 Å². The second-order valence-electron chi connectivity index (χ2n) is 5.44. The summed E-state index contributed by atoms with van der Waals surface area (Å²) in [5, 5.41) is 2.11. The molecule has 22 heavy (non-hydrogen) atoms. The fourth-order valence-corrected chi connectivity index (χ4v) is 3.25. The molecule has 0 fully saturated rings. The highest BCUT2D eigenvalue weighted by molar-refractivity contribution is 6.27. The summed E-state index contributed by atoms with van der Waals surface area (Å²) >= 11 is 0. The van der Waals surface area contributed by atoms with E-state index in [-0.39, 0.29) is 11.3 Å². The van der Waals surface area contributed by atoms with Gasteiger partial charge in [-0.1, -0.05) is 18.2 Å². The molecule has 4 aromatic rings. The SMILES string of the molecule is O=C1c2cc3ccoc3cc2-c2[nH]c(=O)c3ccccc3c21. The van der Waals surface area contributed by atoms with E-state index in [2.05, 4.69) is 4.98 Å². The van der Waals surface area contributed by atoms with Crippen LogP contribution in [0.4, 0.5) is 0 Å². The number of ketones is 1. The molecule has 0 amide bonds. The molecule has 0 bridgehead atoms. The molecule has 104 valence electrons. The van der Waals surface area contributed by atoms with Crippen molar-refractivity contribution in [2.45, 2.75) is 0 Å². The second-order valence-corrected chi connectivity index (χ2v) is 5.44. The number of rotatable bonds is 0. The number of fused-ring (bicyclic) bond motifs is 6. The first-order valence-electron chi connectivity index (χ1n) is 6.95. The van der Waals surface area contributed by atoms with E-state index >= 15 is 0 Å². The molecule has 1 N–H and O–H groups in total. The lowest BCUT2D eigenvalue weighted by molar-refractivity contribution is 0.104. The zero-order chi connectivity index (χ0) is 14.8. The van der Waals surface area contributed by atoms with Gasteiger partial charge in [-0.15, -0.1) is 0 Å². The third-order valence-electron chi connectivity index (χ3n) is 4.26. The molecule has 0 radical (unpaired) electrons. The van der Waals surface area contributed by atoms with Gasteiger partial charge in [0.15, 0.2) is 5.78 Å². The van der Waals surface area contributed by atoms with E-state index in [1.54, 1.807) is 18.4 Å². The highest BCUT2D eigenvalue weighted by Gasteiger charge is 2.30. The minimum atomic E-state index is -0.186. The number of aromatic amines is 1. The van der Waals surface area contributed by atoms with Crippen molar-refractivity contribution in [2.75, 3.05) is 0 Å². The van der Waals surface area contributed by atoms with Gasteiger partial charge in [0.05, 0.1) is 17.5 Å². The number of H-pyrrole nitrogens is 1. The molecule has 2 aromatic carbocycles. The minimum absolute atomic E-state index is 0.0550. The van der Waals surface area contributed by atoms with Crippen LogP contribution in [0.25, 0.3) is 33.0 Å². The van der Waals surface area contributed by atoms with E-state index < -0.39 is 0 Å². The zero-order valence-corrected chi connectivity index (χ0v) is 11.3. The molecule has 0 saturated carbocycles. The van der Waals surface area contributed by atoms with Crippen molar-refractivity contribution in [2.24, 2.45) is 0 Å². The van der Waals surface area contributed by atoms with E-state index in [1.807, 2.05) is 30.3 Å². The smallest absolute Gasteiger partial charge is 0.256 e. The molecule has 0 aliphatic heterocycles. The summed E-state index contributed by atoms with van der Waals surface area (Å²) < 4.78 is 5.41. The van der Waals surface area contributed by atoms with E-state index in [0.29, 0.717) is 33.2 Å². The lowest BCUT2D eigenvalue weighted by Crippen LogP contribution is -2.09. The number of carbonyl (C=O) groups excluding carboxylic acids is 1. The van der Waals surface area contributed by atoms with Gasteiger partial charge < -0.3 is 9.40 Å². The molecule has 2 heterocycles. The number of aromatic nitrogens is 1. The lowest BCUT2D eigenvalue weighted by atomic mass is 10.0. The number of furan rings is 1. The van der Waals surface area contributed by atoms with Crippen molar-refractivity contribution in [3.05, 3.63) is 70.2 Å². The number of hydrogen-bond donors (Lipinski definition) is 1. The standard InChI is InChI=1S/C18H9NO3/c20-17-13-7-9-5-6-22-14(9)8-12(13)16-15(17)10-3-1-2-4-11(10)18(21)19-16/h1-8H,(H,19,21). The Morgan fingerprint density at radius 2 is 1.73 bits per heavy atom. The number of carbonyl (C=O) groups is 1. The Morgan fingerprint density at radius 1 is 0.909 bits per heavy atom. The predicted molar refractivity (Wildman–Crippen MR) is 83.2 cm³/mol.